The highest BCUT2D eigenvalue weighted by molar-refractivity contribution is 7.89. The molecule has 28 heavy (non-hydrogen) atoms. The van der Waals surface area contributed by atoms with Gasteiger partial charge in [0, 0.05) is 31.7 Å². The van der Waals surface area contributed by atoms with E-state index in [9.17, 15) is 13.2 Å². The molecule has 2 aromatic carbocycles. The molecule has 2 aliphatic rings. The van der Waals surface area contributed by atoms with Gasteiger partial charge in [0.25, 0.3) is 5.91 Å². The molecule has 0 aromatic heterocycles. The number of benzene rings is 2. The summed E-state index contributed by atoms with van der Waals surface area (Å²) in [6.07, 6.45) is 3.73. The lowest BCUT2D eigenvalue weighted by molar-refractivity contribution is 0.0764. The van der Waals surface area contributed by atoms with Gasteiger partial charge in [0.05, 0.1) is 4.90 Å². The lowest BCUT2D eigenvalue weighted by Gasteiger charge is -2.22. The van der Waals surface area contributed by atoms with E-state index in [0.717, 1.165) is 30.4 Å². The Kier molecular flexibility index (Phi) is 5.25. The maximum atomic E-state index is 13.2. The maximum Gasteiger partial charge on any atom is 0.253 e. The molecule has 0 N–H and O–H groups in total. The molecular formula is C22H26N2O3S. The number of hydrogen-bond acceptors (Lipinski definition) is 3. The molecule has 5 nitrogen and oxygen atoms in total. The van der Waals surface area contributed by atoms with Crippen LogP contribution in [0.5, 0.6) is 0 Å². The van der Waals surface area contributed by atoms with Gasteiger partial charge in [0.1, 0.15) is 0 Å². The number of carbonyl (C=O) groups is 1. The van der Waals surface area contributed by atoms with Crippen LogP contribution in [0.25, 0.3) is 0 Å². The number of fused-ring (bicyclic) bond motifs is 1. The van der Waals surface area contributed by atoms with Crippen LogP contribution in [0.1, 0.15) is 39.9 Å². The van der Waals surface area contributed by atoms with Gasteiger partial charge in [-0.15, -0.1) is 0 Å². The van der Waals surface area contributed by atoms with E-state index < -0.39 is 10.0 Å². The molecule has 0 atom stereocenters. The van der Waals surface area contributed by atoms with Gasteiger partial charge in [-0.2, -0.15) is 4.31 Å². The summed E-state index contributed by atoms with van der Waals surface area (Å²) in [7, 11) is -3.53. The third kappa shape index (κ3) is 3.71. The molecule has 6 heteroatoms. The lowest BCUT2D eigenvalue weighted by atomic mass is 10.1. The molecule has 0 saturated carbocycles. The quantitative estimate of drug-likeness (QED) is 0.799. The molecule has 0 unspecified atom stereocenters. The number of rotatable bonds is 3. The maximum absolute atomic E-state index is 13.2. The van der Waals surface area contributed by atoms with Crippen LogP contribution >= 0.6 is 0 Å². The number of carbonyl (C=O) groups excluding carboxylic acids is 1. The second kappa shape index (κ2) is 7.68. The van der Waals surface area contributed by atoms with E-state index in [2.05, 4.69) is 0 Å². The third-order valence-corrected chi connectivity index (χ3v) is 7.61. The Labute approximate surface area is 167 Å². The van der Waals surface area contributed by atoms with E-state index in [-0.39, 0.29) is 5.91 Å². The molecule has 0 radical (unpaired) electrons. The molecule has 1 fully saturated rings. The highest BCUT2D eigenvalue weighted by Crippen LogP contribution is 2.27. The third-order valence-electron chi connectivity index (χ3n) is 5.71. The zero-order valence-corrected chi connectivity index (χ0v) is 17.0. The van der Waals surface area contributed by atoms with E-state index in [0.29, 0.717) is 43.1 Å². The van der Waals surface area contributed by atoms with Crippen molar-refractivity contribution in [1.29, 1.82) is 0 Å². The first kappa shape index (κ1) is 19.2. The molecule has 4 rings (SSSR count). The summed E-state index contributed by atoms with van der Waals surface area (Å²) in [5, 5.41) is 0. The largest absolute Gasteiger partial charge is 0.337 e. The van der Waals surface area contributed by atoms with Crippen LogP contribution in [-0.4, -0.2) is 49.7 Å². The first-order valence-electron chi connectivity index (χ1n) is 9.93. The predicted octanol–water partition coefficient (Wildman–Crippen LogP) is 3.02. The average molecular weight is 399 g/mol. The molecule has 1 aliphatic carbocycles. The van der Waals surface area contributed by atoms with Gasteiger partial charge in [-0.3, -0.25) is 4.79 Å². The Morgan fingerprint density at radius 1 is 0.893 bits per heavy atom. The number of hydrogen-bond donors (Lipinski definition) is 0. The summed E-state index contributed by atoms with van der Waals surface area (Å²) >= 11 is 0. The molecule has 1 amide bonds. The van der Waals surface area contributed by atoms with E-state index in [1.165, 1.54) is 9.87 Å². The SMILES string of the molecule is Cc1cccc(C(=O)N2CCCN(S(=O)(=O)c3ccc4c(c3)CCC4)CC2)c1. The van der Waals surface area contributed by atoms with Gasteiger partial charge in [-0.25, -0.2) is 8.42 Å². The summed E-state index contributed by atoms with van der Waals surface area (Å²) in [6, 6.07) is 13.1. The number of nitrogens with zero attached hydrogens (tertiary/aromatic N) is 2. The van der Waals surface area contributed by atoms with E-state index >= 15 is 0 Å². The molecule has 0 spiro atoms. The van der Waals surface area contributed by atoms with Crippen molar-refractivity contribution < 1.29 is 13.2 Å². The highest BCUT2D eigenvalue weighted by Gasteiger charge is 2.29. The normalized spacial score (nSPS) is 18.0. The van der Waals surface area contributed by atoms with Crippen molar-refractivity contribution >= 4 is 15.9 Å². The van der Waals surface area contributed by atoms with Gasteiger partial charge in [-0.1, -0.05) is 23.8 Å². The topological polar surface area (TPSA) is 57.7 Å². The molecule has 1 saturated heterocycles. The van der Waals surface area contributed by atoms with Crippen LogP contribution in [0.4, 0.5) is 0 Å². The van der Waals surface area contributed by atoms with Crippen molar-refractivity contribution in [3.05, 3.63) is 64.7 Å². The Hall–Kier alpha value is -2.18. The molecule has 1 aliphatic heterocycles. The van der Waals surface area contributed by atoms with E-state index in [1.807, 2.05) is 43.3 Å². The number of aryl methyl sites for hydroxylation is 3. The Balaban J connectivity index is 1.49. The number of sulfonamides is 1. The minimum absolute atomic E-state index is 0.0273. The summed E-state index contributed by atoms with van der Waals surface area (Å²) in [4.78, 5) is 15.0. The summed E-state index contributed by atoms with van der Waals surface area (Å²) in [6.45, 7) is 3.72. The number of amides is 1. The smallest absolute Gasteiger partial charge is 0.253 e. The first-order chi connectivity index (χ1) is 13.4. The van der Waals surface area contributed by atoms with Crippen molar-refractivity contribution in [3.63, 3.8) is 0 Å². The highest BCUT2D eigenvalue weighted by atomic mass is 32.2. The fourth-order valence-electron chi connectivity index (χ4n) is 4.16. The van der Waals surface area contributed by atoms with Crippen molar-refractivity contribution in [2.24, 2.45) is 0 Å². The predicted molar refractivity (Wildman–Crippen MR) is 109 cm³/mol. The van der Waals surface area contributed by atoms with Crippen LogP contribution in [-0.2, 0) is 22.9 Å². The van der Waals surface area contributed by atoms with Crippen LogP contribution in [0, 0.1) is 6.92 Å². The summed E-state index contributed by atoms with van der Waals surface area (Å²) in [5.41, 5.74) is 4.13. The Bertz CT molecular complexity index is 1000. The minimum atomic E-state index is -3.53. The van der Waals surface area contributed by atoms with Gasteiger partial charge in [-0.05, 0) is 68.0 Å². The van der Waals surface area contributed by atoms with Gasteiger partial charge in [0.15, 0.2) is 0 Å². The second-order valence-electron chi connectivity index (χ2n) is 7.70. The van der Waals surface area contributed by atoms with Crippen LogP contribution in [0.15, 0.2) is 47.4 Å². The molecule has 1 heterocycles. The fraction of sp³-hybridized carbons (Fsp3) is 0.409. The van der Waals surface area contributed by atoms with Crippen molar-refractivity contribution in [1.82, 2.24) is 9.21 Å². The van der Waals surface area contributed by atoms with Gasteiger partial charge >= 0.3 is 0 Å². The Morgan fingerprint density at radius 2 is 1.71 bits per heavy atom. The summed E-state index contributed by atoms with van der Waals surface area (Å²) in [5.74, 6) is -0.0273. The molecule has 2 aromatic rings. The van der Waals surface area contributed by atoms with Crippen molar-refractivity contribution in [2.75, 3.05) is 26.2 Å². The van der Waals surface area contributed by atoms with Crippen molar-refractivity contribution in [2.45, 2.75) is 37.5 Å². The van der Waals surface area contributed by atoms with E-state index in [1.54, 1.807) is 11.0 Å². The second-order valence-corrected chi connectivity index (χ2v) is 9.64. The van der Waals surface area contributed by atoms with Gasteiger partial charge in [0.2, 0.25) is 10.0 Å². The Morgan fingerprint density at radius 3 is 2.54 bits per heavy atom. The average Bonchev–Trinajstić information content (AvgIpc) is 3.01. The summed E-state index contributed by atoms with van der Waals surface area (Å²) < 4.78 is 27.8. The van der Waals surface area contributed by atoms with Crippen LogP contribution in [0.2, 0.25) is 0 Å². The van der Waals surface area contributed by atoms with Crippen LogP contribution < -0.4 is 0 Å². The molecule has 0 bridgehead atoms. The van der Waals surface area contributed by atoms with Gasteiger partial charge < -0.3 is 4.90 Å². The monoisotopic (exact) mass is 398 g/mol. The molecular weight excluding hydrogens is 372 g/mol. The van der Waals surface area contributed by atoms with Crippen molar-refractivity contribution in [3.8, 4) is 0 Å². The molecule has 148 valence electrons. The zero-order valence-electron chi connectivity index (χ0n) is 16.2. The first-order valence-corrected chi connectivity index (χ1v) is 11.4. The van der Waals surface area contributed by atoms with E-state index in [4.69, 9.17) is 0 Å². The minimum Gasteiger partial charge on any atom is -0.337 e. The fourth-order valence-corrected chi connectivity index (χ4v) is 5.68. The lowest BCUT2D eigenvalue weighted by Crippen LogP contribution is -2.37. The zero-order chi connectivity index (χ0) is 19.7. The standard InChI is InChI=1S/C22H26N2O3S/c1-17-5-2-8-20(15-17)22(25)23-11-4-12-24(14-13-23)28(26,27)21-10-9-18-6-3-7-19(18)16-21/h2,5,8-10,15-16H,3-4,6-7,11-14H2,1H3. The van der Waals surface area contributed by atoms with Crippen LogP contribution in [0.3, 0.4) is 0 Å².